The van der Waals surface area contributed by atoms with E-state index in [1.807, 2.05) is 31.2 Å². The number of rotatable bonds is 5. The van der Waals surface area contributed by atoms with E-state index in [9.17, 15) is 14.7 Å². The van der Waals surface area contributed by atoms with Crippen molar-refractivity contribution >= 4 is 17.4 Å². The average Bonchev–Trinajstić information content (AvgIpc) is 3.05. The molecule has 1 aliphatic rings. The monoisotopic (exact) mass is 414 g/mol. The van der Waals surface area contributed by atoms with E-state index >= 15 is 0 Å². The molecule has 3 aromatic rings. The van der Waals surface area contributed by atoms with Crippen molar-refractivity contribution in [2.75, 3.05) is 7.11 Å². The number of carbonyl (C=O) groups excluding carboxylic acids is 2. The molecule has 1 aliphatic heterocycles. The van der Waals surface area contributed by atoms with E-state index in [0.717, 1.165) is 16.7 Å². The van der Waals surface area contributed by atoms with Crippen LogP contribution in [0.15, 0.2) is 78.6 Å². The van der Waals surface area contributed by atoms with Gasteiger partial charge in [-0.3, -0.25) is 14.6 Å². The van der Waals surface area contributed by atoms with Crippen molar-refractivity contribution < 1.29 is 19.4 Å². The van der Waals surface area contributed by atoms with Crippen LogP contribution in [0, 0.1) is 6.92 Å². The Morgan fingerprint density at radius 2 is 1.65 bits per heavy atom. The van der Waals surface area contributed by atoms with Gasteiger partial charge in [-0.15, -0.1) is 0 Å². The molecule has 0 saturated carbocycles. The Bertz CT molecular complexity index is 1140. The molecule has 1 atom stereocenters. The van der Waals surface area contributed by atoms with Crippen LogP contribution in [0.2, 0.25) is 0 Å². The molecule has 6 nitrogen and oxygen atoms in total. The number of pyridine rings is 1. The molecule has 1 N–H and O–H groups in total. The number of carbonyl (C=O) groups is 2. The summed E-state index contributed by atoms with van der Waals surface area (Å²) >= 11 is 0. The first kappa shape index (κ1) is 20.3. The Morgan fingerprint density at radius 1 is 1.00 bits per heavy atom. The van der Waals surface area contributed by atoms with Crippen molar-refractivity contribution in [3.63, 3.8) is 0 Å². The van der Waals surface area contributed by atoms with E-state index in [2.05, 4.69) is 4.98 Å². The molecule has 2 heterocycles. The highest BCUT2D eigenvalue weighted by molar-refractivity contribution is 6.46. The van der Waals surface area contributed by atoms with Gasteiger partial charge < -0.3 is 14.7 Å². The minimum Gasteiger partial charge on any atom is -0.507 e. The molecule has 156 valence electrons. The van der Waals surface area contributed by atoms with Crippen LogP contribution in [0.4, 0.5) is 0 Å². The number of aliphatic hydroxyl groups excluding tert-OH is 1. The van der Waals surface area contributed by atoms with Gasteiger partial charge >= 0.3 is 0 Å². The highest BCUT2D eigenvalue weighted by Crippen LogP contribution is 2.40. The number of aryl methyl sites for hydroxylation is 1. The summed E-state index contributed by atoms with van der Waals surface area (Å²) in [6.07, 6.45) is 3.29. The molecule has 6 heteroatoms. The Morgan fingerprint density at radius 3 is 2.26 bits per heavy atom. The van der Waals surface area contributed by atoms with Crippen LogP contribution in [0.5, 0.6) is 5.75 Å². The van der Waals surface area contributed by atoms with Crippen LogP contribution in [0.3, 0.4) is 0 Å². The Hall–Kier alpha value is -3.93. The van der Waals surface area contributed by atoms with Crippen LogP contribution >= 0.6 is 0 Å². The number of ketones is 1. The number of nitrogens with zero attached hydrogens (tertiary/aromatic N) is 2. The number of hydrogen-bond acceptors (Lipinski definition) is 5. The maximum atomic E-state index is 13.0. The molecule has 31 heavy (non-hydrogen) atoms. The second kappa shape index (κ2) is 8.44. The summed E-state index contributed by atoms with van der Waals surface area (Å²) in [4.78, 5) is 31.6. The molecule has 0 spiro atoms. The van der Waals surface area contributed by atoms with E-state index in [4.69, 9.17) is 4.74 Å². The fourth-order valence-corrected chi connectivity index (χ4v) is 3.73. The van der Waals surface area contributed by atoms with E-state index in [0.29, 0.717) is 11.3 Å². The van der Waals surface area contributed by atoms with Crippen molar-refractivity contribution in [3.8, 4) is 5.75 Å². The van der Waals surface area contributed by atoms with Crippen molar-refractivity contribution in [1.29, 1.82) is 0 Å². The average molecular weight is 414 g/mol. The number of Topliss-reactive ketones (excluding diaryl/α,β-unsaturated/α-hetero) is 1. The SMILES string of the molecule is COc1ccc(/C(O)=C2/C(=O)C(=O)N(Cc3ccncc3)C2c2ccc(C)cc2)cc1. The highest BCUT2D eigenvalue weighted by Gasteiger charge is 2.46. The van der Waals surface area contributed by atoms with Crippen LogP contribution in [-0.2, 0) is 16.1 Å². The number of aromatic nitrogens is 1. The number of amides is 1. The molecule has 1 amide bonds. The topological polar surface area (TPSA) is 79.7 Å². The first-order valence-electron chi connectivity index (χ1n) is 9.88. The number of methoxy groups -OCH3 is 1. The predicted octanol–water partition coefficient (Wildman–Crippen LogP) is 4.02. The van der Waals surface area contributed by atoms with Gasteiger partial charge in [-0.2, -0.15) is 0 Å². The molecule has 1 saturated heterocycles. The van der Waals surface area contributed by atoms with Crippen LogP contribution < -0.4 is 4.74 Å². The molecule has 4 rings (SSSR count). The number of ether oxygens (including phenoxy) is 1. The van der Waals surface area contributed by atoms with Gasteiger partial charge in [-0.25, -0.2) is 0 Å². The van der Waals surface area contributed by atoms with Gasteiger partial charge in [0.2, 0.25) is 0 Å². The van der Waals surface area contributed by atoms with Crippen molar-refractivity contribution in [2.45, 2.75) is 19.5 Å². The van der Waals surface area contributed by atoms with Crippen molar-refractivity contribution in [2.24, 2.45) is 0 Å². The molecular formula is C25H22N2O4. The van der Waals surface area contributed by atoms with Gasteiger partial charge in [-0.05, 0) is 54.4 Å². The molecule has 1 unspecified atom stereocenters. The minimum absolute atomic E-state index is 0.0769. The van der Waals surface area contributed by atoms with Crippen LogP contribution in [-0.4, -0.2) is 33.8 Å². The maximum absolute atomic E-state index is 13.0. The van der Waals surface area contributed by atoms with Crippen LogP contribution in [0.25, 0.3) is 5.76 Å². The fraction of sp³-hybridized carbons (Fsp3) is 0.160. The zero-order chi connectivity index (χ0) is 22.0. The third-order valence-corrected chi connectivity index (χ3v) is 5.40. The molecule has 0 bridgehead atoms. The lowest BCUT2D eigenvalue weighted by Crippen LogP contribution is -2.29. The maximum Gasteiger partial charge on any atom is 0.295 e. The van der Waals surface area contributed by atoms with Gasteiger partial charge in [0.05, 0.1) is 18.7 Å². The number of hydrogen-bond donors (Lipinski definition) is 1. The fourth-order valence-electron chi connectivity index (χ4n) is 3.73. The minimum atomic E-state index is -0.701. The quantitative estimate of drug-likeness (QED) is 0.388. The second-order valence-corrected chi connectivity index (χ2v) is 7.42. The number of benzene rings is 2. The van der Waals surface area contributed by atoms with Gasteiger partial charge in [0.15, 0.2) is 0 Å². The zero-order valence-electron chi connectivity index (χ0n) is 17.3. The third kappa shape index (κ3) is 3.92. The normalized spacial score (nSPS) is 17.7. The van der Waals surface area contributed by atoms with E-state index in [1.165, 1.54) is 4.90 Å². The molecule has 0 radical (unpaired) electrons. The summed E-state index contributed by atoms with van der Waals surface area (Å²) < 4.78 is 5.17. The van der Waals surface area contributed by atoms with Crippen molar-refractivity contribution in [3.05, 3.63) is 101 Å². The Balaban J connectivity index is 1.84. The number of likely N-dealkylation sites (tertiary alicyclic amines) is 1. The first-order chi connectivity index (χ1) is 15.0. The summed E-state index contributed by atoms with van der Waals surface area (Å²) in [5.74, 6) is -0.918. The third-order valence-electron chi connectivity index (χ3n) is 5.40. The lowest BCUT2D eigenvalue weighted by atomic mass is 9.94. The Labute approximate surface area is 180 Å². The van der Waals surface area contributed by atoms with E-state index in [-0.39, 0.29) is 17.9 Å². The standard InChI is InChI=1S/C25H22N2O4/c1-16-3-5-18(6-4-16)22-21(23(28)19-7-9-20(31-2)10-8-19)24(29)25(30)27(22)15-17-11-13-26-14-12-17/h3-14,22,28H,15H2,1-2H3/b23-21-. The van der Waals surface area contributed by atoms with Gasteiger partial charge in [0.1, 0.15) is 11.5 Å². The lowest BCUT2D eigenvalue weighted by Gasteiger charge is -2.25. The number of aliphatic hydroxyl groups is 1. The predicted molar refractivity (Wildman–Crippen MR) is 116 cm³/mol. The summed E-state index contributed by atoms with van der Waals surface area (Å²) in [5.41, 5.74) is 3.19. The largest absolute Gasteiger partial charge is 0.507 e. The summed E-state index contributed by atoms with van der Waals surface area (Å²) in [5, 5.41) is 11.1. The van der Waals surface area contributed by atoms with Gasteiger partial charge in [0.25, 0.3) is 11.7 Å². The van der Waals surface area contributed by atoms with Gasteiger partial charge in [0, 0.05) is 24.5 Å². The summed E-state index contributed by atoms with van der Waals surface area (Å²) in [6.45, 7) is 2.19. The lowest BCUT2D eigenvalue weighted by molar-refractivity contribution is -0.140. The first-order valence-corrected chi connectivity index (χ1v) is 9.88. The van der Waals surface area contributed by atoms with E-state index in [1.54, 1.807) is 55.9 Å². The molecule has 1 fully saturated rings. The molecular weight excluding hydrogens is 392 g/mol. The summed E-state index contributed by atoms with van der Waals surface area (Å²) in [6, 6.07) is 17.2. The molecule has 2 aromatic carbocycles. The van der Waals surface area contributed by atoms with Crippen molar-refractivity contribution in [1.82, 2.24) is 9.88 Å². The van der Waals surface area contributed by atoms with E-state index < -0.39 is 17.7 Å². The second-order valence-electron chi connectivity index (χ2n) is 7.42. The molecule has 1 aromatic heterocycles. The Kier molecular flexibility index (Phi) is 5.54. The summed E-state index contributed by atoms with van der Waals surface area (Å²) in [7, 11) is 1.55. The highest BCUT2D eigenvalue weighted by atomic mass is 16.5. The van der Waals surface area contributed by atoms with Gasteiger partial charge in [-0.1, -0.05) is 29.8 Å². The smallest absolute Gasteiger partial charge is 0.295 e. The zero-order valence-corrected chi connectivity index (χ0v) is 17.3. The van der Waals surface area contributed by atoms with Crippen LogP contribution in [0.1, 0.15) is 28.3 Å². The molecule has 0 aliphatic carbocycles.